The number of hydrogen-bond acceptors (Lipinski definition) is 6. The fourth-order valence-corrected chi connectivity index (χ4v) is 5.59. The molecule has 1 spiro atoms. The highest BCUT2D eigenvalue weighted by Crippen LogP contribution is 2.33. The Bertz CT molecular complexity index is 673. The fourth-order valence-electron chi connectivity index (χ4n) is 4.61. The van der Waals surface area contributed by atoms with Gasteiger partial charge in [0.1, 0.15) is 11.7 Å². The number of nitrogens with one attached hydrogen (secondary N) is 1. The van der Waals surface area contributed by atoms with E-state index in [1.807, 2.05) is 0 Å². The van der Waals surface area contributed by atoms with Gasteiger partial charge in [-0.15, -0.1) is 11.3 Å². The average molecular weight is 394 g/mol. The van der Waals surface area contributed by atoms with Crippen LogP contribution in [0.1, 0.15) is 54.1 Å². The largest absolute Gasteiger partial charge is 0.370 e. The second-order valence-corrected chi connectivity index (χ2v) is 9.62. The summed E-state index contributed by atoms with van der Waals surface area (Å²) in [5.74, 6) is 0.0495. The summed E-state index contributed by atoms with van der Waals surface area (Å²) in [5, 5.41) is 4.32. The van der Waals surface area contributed by atoms with Gasteiger partial charge in [-0.1, -0.05) is 19.3 Å². The summed E-state index contributed by atoms with van der Waals surface area (Å²) < 4.78 is 12.0. The number of thiazole rings is 1. The topological polar surface area (TPSA) is 63.7 Å². The summed E-state index contributed by atoms with van der Waals surface area (Å²) in [6.45, 7) is 7.97. The van der Waals surface area contributed by atoms with Gasteiger partial charge in [0, 0.05) is 37.0 Å². The van der Waals surface area contributed by atoms with Crippen LogP contribution in [0.5, 0.6) is 0 Å². The number of rotatable bonds is 4. The lowest BCUT2D eigenvalue weighted by Crippen LogP contribution is -2.52. The summed E-state index contributed by atoms with van der Waals surface area (Å²) in [7, 11) is 0. The van der Waals surface area contributed by atoms with Gasteiger partial charge in [-0.25, -0.2) is 4.98 Å². The van der Waals surface area contributed by atoms with E-state index in [9.17, 15) is 4.79 Å². The van der Waals surface area contributed by atoms with Gasteiger partial charge in [-0.05, 0) is 26.7 Å². The molecule has 4 rings (SSSR count). The smallest absolute Gasteiger partial charge is 0.249 e. The quantitative estimate of drug-likeness (QED) is 0.852. The number of ether oxygens (including phenoxy) is 2. The maximum atomic E-state index is 12.6. The number of morpholine rings is 1. The van der Waals surface area contributed by atoms with Gasteiger partial charge in [0.25, 0.3) is 0 Å². The molecule has 2 aliphatic heterocycles. The minimum Gasteiger partial charge on any atom is -0.370 e. The molecule has 2 atom stereocenters. The molecule has 2 unspecified atom stereocenters. The molecule has 1 aliphatic carbocycles. The Hall–Kier alpha value is -1.02. The fraction of sp³-hybridized carbons (Fsp3) is 0.800. The second kappa shape index (κ2) is 8.15. The van der Waals surface area contributed by atoms with Gasteiger partial charge in [0.15, 0.2) is 0 Å². The Kier molecular flexibility index (Phi) is 5.83. The van der Waals surface area contributed by atoms with Crippen molar-refractivity contribution >= 4 is 17.2 Å². The molecule has 3 heterocycles. The van der Waals surface area contributed by atoms with E-state index in [0.29, 0.717) is 25.7 Å². The van der Waals surface area contributed by atoms with E-state index < -0.39 is 0 Å². The molecule has 0 radical (unpaired) electrons. The van der Waals surface area contributed by atoms with Crippen LogP contribution in [0.15, 0.2) is 0 Å². The van der Waals surface area contributed by atoms with E-state index in [2.05, 4.69) is 29.0 Å². The Balaban J connectivity index is 1.33. The molecule has 0 aromatic carbocycles. The molecule has 2 saturated heterocycles. The number of amides is 1. The first-order valence-corrected chi connectivity index (χ1v) is 11.1. The maximum absolute atomic E-state index is 12.6. The first-order chi connectivity index (χ1) is 13.0. The van der Waals surface area contributed by atoms with Crippen LogP contribution in [0.2, 0.25) is 0 Å². The minimum atomic E-state index is -0.376. The molecule has 1 aromatic rings. The van der Waals surface area contributed by atoms with Gasteiger partial charge >= 0.3 is 0 Å². The first-order valence-electron chi connectivity index (χ1n) is 10.2. The number of aromatic nitrogens is 1. The zero-order valence-corrected chi connectivity index (χ0v) is 17.3. The van der Waals surface area contributed by atoms with Crippen molar-refractivity contribution in [2.24, 2.45) is 0 Å². The normalized spacial score (nSPS) is 30.1. The zero-order chi connectivity index (χ0) is 18.9. The van der Waals surface area contributed by atoms with Gasteiger partial charge in [-0.3, -0.25) is 9.69 Å². The average Bonchev–Trinajstić information content (AvgIpc) is 3.19. The molecule has 1 saturated carbocycles. The van der Waals surface area contributed by atoms with Crippen molar-refractivity contribution in [2.45, 2.75) is 76.7 Å². The number of nitrogens with zero attached hydrogens (tertiary/aromatic N) is 2. The summed E-state index contributed by atoms with van der Waals surface area (Å²) in [4.78, 5) is 20.9. The Morgan fingerprint density at radius 2 is 2.15 bits per heavy atom. The van der Waals surface area contributed by atoms with Crippen LogP contribution < -0.4 is 5.32 Å². The molecule has 1 aromatic heterocycles. The van der Waals surface area contributed by atoms with Crippen LogP contribution in [-0.2, 0) is 20.8 Å². The molecule has 6 nitrogen and oxygen atoms in total. The van der Waals surface area contributed by atoms with E-state index in [1.165, 1.54) is 24.1 Å². The summed E-state index contributed by atoms with van der Waals surface area (Å²) in [5.41, 5.74) is 0.783. The van der Waals surface area contributed by atoms with Crippen LogP contribution in [0.3, 0.4) is 0 Å². The van der Waals surface area contributed by atoms with Crippen molar-refractivity contribution < 1.29 is 14.3 Å². The minimum absolute atomic E-state index is 0.0495. The molecule has 3 aliphatic rings. The van der Waals surface area contributed by atoms with Crippen molar-refractivity contribution in [3.63, 3.8) is 0 Å². The Morgan fingerprint density at radius 1 is 1.33 bits per heavy atom. The third-order valence-electron chi connectivity index (χ3n) is 6.04. The van der Waals surface area contributed by atoms with Crippen LogP contribution in [0.25, 0.3) is 0 Å². The Labute approximate surface area is 165 Å². The van der Waals surface area contributed by atoms with Crippen molar-refractivity contribution in [1.82, 2.24) is 15.2 Å². The van der Waals surface area contributed by atoms with Gasteiger partial charge in [-0.2, -0.15) is 0 Å². The third kappa shape index (κ3) is 4.53. The molecule has 27 heavy (non-hydrogen) atoms. The highest BCUT2D eigenvalue weighted by atomic mass is 32.1. The van der Waals surface area contributed by atoms with Gasteiger partial charge in [0.2, 0.25) is 5.91 Å². The highest BCUT2D eigenvalue weighted by molar-refractivity contribution is 7.11. The first kappa shape index (κ1) is 19.3. The third-order valence-corrected chi connectivity index (χ3v) is 7.10. The molecule has 0 bridgehead atoms. The number of aryl methyl sites for hydroxylation is 2. The number of carbonyl (C=O) groups is 1. The molecular formula is C20H31N3O3S. The van der Waals surface area contributed by atoms with Crippen molar-refractivity contribution in [2.75, 3.05) is 26.3 Å². The van der Waals surface area contributed by atoms with Crippen LogP contribution in [0.4, 0.5) is 0 Å². The Morgan fingerprint density at radius 3 is 2.89 bits per heavy atom. The van der Waals surface area contributed by atoms with E-state index in [-0.39, 0.29) is 17.6 Å². The van der Waals surface area contributed by atoms with Crippen LogP contribution >= 0.6 is 11.3 Å². The number of hydrogen-bond donors (Lipinski definition) is 1. The lowest BCUT2D eigenvalue weighted by Gasteiger charge is -2.39. The lowest BCUT2D eigenvalue weighted by atomic mass is 9.94. The second-order valence-electron chi connectivity index (χ2n) is 8.33. The molecular weight excluding hydrogens is 362 g/mol. The van der Waals surface area contributed by atoms with E-state index >= 15 is 0 Å². The number of carbonyl (C=O) groups excluding carboxylic acids is 1. The highest BCUT2D eigenvalue weighted by Gasteiger charge is 2.47. The van der Waals surface area contributed by atoms with Crippen molar-refractivity contribution in [3.05, 3.63) is 15.6 Å². The van der Waals surface area contributed by atoms with Crippen molar-refractivity contribution in [1.29, 1.82) is 0 Å². The van der Waals surface area contributed by atoms with E-state index in [1.54, 1.807) is 11.3 Å². The summed E-state index contributed by atoms with van der Waals surface area (Å²) >= 11 is 1.77. The van der Waals surface area contributed by atoms with Gasteiger partial charge < -0.3 is 14.8 Å². The molecule has 7 heteroatoms. The van der Waals surface area contributed by atoms with E-state index in [0.717, 1.165) is 43.2 Å². The molecule has 1 N–H and O–H groups in total. The van der Waals surface area contributed by atoms with E-state index in [4.69, 9.17) is 9.47 Å². The summed E-state index contributed by atoms with van der Waals surface area (Å²) in [6, 6.07) is 0.327. The zero-order valence-electron chi connectivity index (χ0n) is 16.5. The summed E-state index contributed by atoms with van der Waals surface area (Å²) in [6.07, 6.45) is 6.20. The lowest BCUT2D eigenvalue weighted by molar-refractivity contribution is -0.131. The molecule has 3 fully saturated rings. The predicted octanol–water partition coefficient (Wildman–Crippen LogP) is 2.57. The molecule has 150 valence electrons. The van der Waals surface area contributed by atoms with Crippen LogP contribution in [0, 0.1) is 13.8 Å². The van der Waals surface area contributed by atoms with Gasteiger partial charge in [0.05, 0.1) is 23.9 Å². The monoisotopic (exact) mass is 393 g/mol. The SMILES string of the molecule is Cc1nc(C)c(CN2CCOC3(COC(C(=O)NC4CCCCC4)C3)C2)s1. The predicted molar refractivity (Wildman–Crippen MR) is 105 cm³/mol. The van der Waals surface area contributed by atoms with Crippen LogP contribution in [-0.4, -0.2) is 59.8 Å². The molecule has 1 amide bonds. The van der Waals surface area contributed by atoms with Crippen molar-refractivity contribution in [3.8, 4) is 0 Å². The standard InChI is InChI=1S/C20H31N3O3S/c1-14-18(27-15(2)21-14)11-23-8-9-26-20(12-23)10-17(25-13-20)19(24)22-16-6-4-3-5-7-16/h16-17H,3-13H2,1-2H3,(H,22,24). The maximum Gasteiger partial charge on any atom is 0.249 e.